The Balaban J connectivity index is 1.41. The zero-order valence-electron chi connectivity index (χ0n) is 15.2. The Morgan fingerprint density at radius 2 is 2.11 bits per heavy atom. The fraction of sp³-hybridized carbons (Fsp3) is 0.556. The molecule has 4 rings (SSSR count). The van der Waals surface area contributed by atoms with Crippen LogP contribution in [-0.2, 0) is 16.1 Å². The minimum Gasteiger partial charge on any atom is -0.370 e. The molecule has 0 saturated carbocycles. The van der Waals surface area contributed by atoms with E-state index in [1.807, 2.05) is 4.90 Å². The Bertz CT molecular complexity index is 834. The summed E-state index contributed by atoms with van der Waals surface area (Å²) >= 11 is 0. The lowest BCUT2D eigenvalue weighted by atomic mass is 10.2. The number of morpholine rings is 1. The average molecular weight is 372 g/mol. The molecule has 2 aromatic heterocycles. The second-order valence-electron chi connectivity index (χ2n) is 6.95. The molecular weight excluding hydrogens is 348 g/mol. The van der Waals surface area contributed by atoms with Crippen LogP contribution >= 0.6 is 0 Å². The largest absolute Gasteiger partial charge is 0.370 e. The molecule has 0 spiro atoms. The Kier molecular flexibility index (Phi) is 5.30. The highest BCUT2D eigenvalue weighted by Crippen LogP contribution is 2.18. The van der Waals surface area contributed by atoms with Crippen molar-refractivity contribution in [2.75, 3.05) is 39.4 Å². The van der Waals surface area contributed by atoms with Crippen molar-refractivity contribution in [2.45, 2.75) is 25.4 Å². The van der Waals surface area contributed by atoms with E-state index in [4.69, 9.17) is 4.74 Å². The van der Waals surface area contributed by atoms with Gasteiger partial charge in [0.15, 0.2) is 5.82 Å². The molecule has 2 aromatic rings. The fourth-order valence-electron chi connectivity index (χ4n) is 3.73. The minimum atomic E-state index is -0.103. The number of hydrogen-bond acceptors (Lipinski definition) is 6. The number of likely N-dealkylation sites (tertiary alicyclic amines) is 1. The van der Waals surface area contributed by atoms with Gasteiger partial charge in [-0.2, -0.15) is 5.10 Å². The summed E-state index contributed by atoms with van der Waals surface area (Å²) in [5.41, 5.74) is -0.103. The summed E-state index contributed by atoms with van der Waals surface area (Å²) in [6.45, 7) is 4.50. The maximum atomic E-state index is 12.3. The first-order valence-corrected chi connectivity index (χ1v) is 9.37. The lowest BCUT2D eigenvalue weighted by molar-refractivity contribution is -0.142. The van der Waals surface area contributed by atoms with Gasteiger partial charge in [0, 0.05) is 44.1 Å². The van der Waals surface area contributed by atoms with Crippen molar-refractivity contribution in [3.8, 4) is 5.82 Å². The van der Waals surface area contributed by atoms with Crippen LogP contribution in [0.4, 0.5) is 0 Å². The lowest BCUT2D eigenvalue weighted by Gasteiger charge is -2.31. The van der Waals surface area contributed by atoms with Gasteiger partial charge in [0.25, 0.3) is 5.56 Å². The summed E-state index contributed by atoms with van der Waals surface area (Å²) in [7, 11) is 0. The zero-order valence-corrected chi connectivity index (χ0v) is 15.2. The third-order valence-corrected chi connectivity index (χ3v) is 5.25. The number of hydrogen-bond donors (Lipinski definition) is 0. The summed E-state index contributed by atoms with van der Waals surface area (Å²) < 4.78 is 8.51. The monoisotopic (exact) mass is 372 g/mol. The van der Waals surface area contributed by atoms with E-state index in [0.717, 1.165) is 25.9 Å². The van der Waals surface area contributed by atoms with Gasteiger partial charge in [-0.05, 0) is 25.5 Å². The first kappa shape index (κ1) is 17.9. The van der Waals surface area contributed by atoms with Gasteiger partial charge in [-0.15, -0.1) is 0 Å². The molecule has 2 fully saturated rings. The molecule has 0 N–H and O–H groups in total. The number of carbonyl (C=O) groups excluding carboxylic acids is 1. The van der Waals surface area contributed by atoms with Crippen LogP contribution < -0.4 is 5.56 Å². The normalized spacial score (nSPS) is 21.1. The average Bonchev–Trinajstić information content (AvgIpc) is 3.35. The van der Waals surface area contributed by atoms with Gasteiger partial charge in [-0.25, -0.2) is 9.67 Å². The SMILES string of the molecule is O=C1COCCN1CCN1CCCC1Cn1nc(-n2ccnc2)ccc1=O. The van der Waals surface area contributed by atoms with Gasteiger partial charge in [-0.3, -0.25) is 19.1 Å². The van der Waals surface area contributed by atoms with Crippen molar-refractivity contribution in [1.82, 2.24) is 29.1 Å². The second-order valence-corrected chi connectivity index (χ2v) is 6.95. The molecule has 0 aromatic carbocycles. The number of nitrogens with zero attached hydrogens (tertiary/aromatic N) is 6. The van der Waals surface area contributed by atoms with E-state index in [1.165, 1.54) is 4.68 Å². The molecule has 1 atom stereocenters. The summed E-state index contributed by atoms with van der Waals surface area (Å²) in [4.78, 5) is 32.4. The quantitative estimate of drug-likeness (QED) is 0.695. The molecule has 2 aliphatic heterocycles. The molecule has 1 amide bonds. The molecular formula is C18H24N6O3. The topological polar surface area (TPSA) is 85.5 Å². The van der Waals surface area contributed by atoms with Crippen molar-refractivity contribution in [1.29, 1.82) is 0 Å². The maximum absolute atomic E-state index is 12.3. The highest BCUT2D eigenvalue weighted by molar-refractivity contribution is 5.77. The van der Waals surface area contributed by atoms with E-state index >= 15 is 0 Å². The Morgan fingerprint density at radius 1 is 1.19 bits per heavy atom. The fourth-order valence-corrected chi connectivity index (χ4v) is 3.73. The number of aromatic nitrogens is 4. The van der Waals surface area contributed by atoms with E-state index in [0.29, 0.717) is 32.1 Å². The predicted octanol–water partition coefficient (Wildman–Crippen LogP) is -0.248. The Morgan fingerprint density at radius 3 is 2.93 bits per heavy atom. The highest BCUT2D eigenvalue weighted by atomic mass is 16.5. The minimum absolute atomic E-state index is 0.0583. The van der Waals surface area contributed by atoms with Crippen LogP contribution in [0.15, 0.2) is 35.6 Å². The molecule has 0 radical (unpaired) electrons. The van der Waals surface area contributed by atoms with Crippen LogP contribution in [0.3, 0.4) is 0 Å². The molecule has 1 unspecified atom stereocenters. The van der Waals surface area contributed by atoms with Gasteiger partial charge in [0.05, 0.1) is 13.2 Å². The second kappa shape index (κ2) is 8.01. The number of carbonyl (C=O) groups is 1. The standard InChI is InChI=1S/C18H24N6O3/c25-17-4-3-16(23-7-5-19-14-23)20-24(17)12-15-2-1-6-21(15)8-9-22-10-11-27-13-18(22)26/h3-5,7,14-15H,1-2,6,8-13H2. The van der Waals surface area contributed by atoms with E-state index in [9.17, 15) is 9.59 Å². The number of ether oxygens (including phenoxy) is 1. The van der Waals surface area contributed by atoms with Crippen molar-refractivity contribution < 1.29 is 9.53 Å². The van der Waals surface area contributed by atoms with E-state index < -0.39 is 0 Å². The van der Waals surface area contributed by atoms with Crippen molar-refractivity contribution in [3.05, 3.63) is 41.2 Å². The van der Waals surface area contributed by atoms with E-state index in [1.54, 1.807) is 35.4 Å². The van der Waals surface area contributed by atoms with Crippen LogP contribution in [0.5, 0.6) is 0 Å². The Hall–Kier alpha value is -2.52. The molecule has 27 heavy (non-hydrogen) atoms. The Labute approximate surface area is 157 Å². The van der Waals surface area contributed by atoms with E-state index in [-0.39, 0.29) is 24.1 Å². The summed E-state index contributed by atoms with van der Waals surface area (Å²) in [6.07, 6.45) is 7.28. The van der Waals surface area contributed by atoms with Crippen molar-refractivity contribution >= 4 is 5.91 Å². The number of amides is 1. The van der Waals surface area contributed by atoms with E-state index in [2.05, 4.69) is 15.0 Å². The molecule has 0 bridgehead atoms. The molecule has 2 saturated heterocycles. The van der Waals surface area contributed by atoms with Crippen molar-refractivity contribution in [2.24, 2.45) is 0 Å². The maximum Gasteiger partial charge on any atom is 0.266 e. The molecule has 9 nitrogen and oxygen atoms in total. The molecule has 2 aliphatic rings. The van der Waals surface area contributed by atoms with Gasteiger partial charge in [-0.1, -0.05) is 0 Å². The first-order valence-electron chi connectivity index (χ1n) is 9.37. The number of imidazole rings is 1. The summed E-state index contributed by atoms with van der Waals surface area (Å²) in [5, 5.41) is 4.49. The van der Waals surface area contributed by atoms with Crippen LogP contribution in [0.25, 0.3) is 5.82 Å². The van der Waals surface area contributed by atoms with Crippen LogP contribution in [0, 0.1) is 0 Å². The van der Waals surface area contributed by atoms with Gasteiger partial charge in [0.1, 0.15) is 12.9 Å². The van der Waals surface area contributed by atoms with Gasteiger partial charge in [0.2, 0.25) is 5.91 Å². The van der Waals surface area contributed by atoms with Gasteiger partial charge >= 0.3 is 0 Å². The number of rotatable bonds is 6. The highest BCUT2D eigenvalue weighted by Gasteiger charge is 2.27. The van der Waals surface area contributed by atoms with Crippen molar-refractivity contribution in [3.63, 3.8) is 0 Å². The first-order chi connectivity index (χ1) is 13.2. The van der Waals surface area contributed by atoms with Crippen LogP contribution in [-0.4, -0.2) is 80.5 Å². The summed E-state index contributed by atoms with van der Waals surface area (Å²) in [5.74, 6) is 0.735. The molecule has 9 heteroatoms. The summed E-state index contributed by atoms with van der Waals surface area (Å²) in [6, 6.07) is 3.51. The molecule has 0 aliphatic carbocycles. The molecule has 4 heterocycles. The zero-order chi connectivity index (χ0) is 18.6. The molecule has 144 valence electrons. The van der Waals surface area contributed by atoms with Gasteiger partial charge < -0.3 is 9.64 Å². The smallest absolute Gasteiger partial charge is 0.266 e. The lowest BCUT2D eigenvalue weighted by Crippen LogP contribution is -2.46. The predicted molar refractivity (Wildman–Crippen MR) is 97.6 cm³/mol. The third-order valence-electron chi connectivity index (χ3n) is 5.25. The van der Waals surface area contributed by atoms with Crippen LogP contribution in [0.2, 0.25) is 0 Å². The van der Waals surface area contributed by atoms with Crippen LogP contribution in [0.1, 0.15) is 12.8 Å². The third kappa shape index (κ3) is 4.09.